The molecule has 0 radical (unpaired) electrons. The molecule has 1 amide bonds. The Morgan fingerprint density at radius 2 is 2.22 bits per heavy atom. The zero-order valence-electron chi connectivity index (χ0n) is 10.7. The van der Waals surface area contributed by atoms with Crippen LogP contribution in [0.4, 0.5) is 5.69 Å². The van der Waals surface area contributed by atoms with Crippen molar-refractivity contribution in [2.45, 2.75) is 32.2 Å². The molecule has 98 valence electrons. The molecule has 0 aromatic heterocycles. The third kappa shape index (κ3) is 3.15. The highest BCUT2D eigenvalue weighted by Crippen LogP contribution is 2.24. The van der Waals surface area contributed by atoms with E-state index in [4.69, 9.17) is 10.5 Å². The van der Waals surface area contributed by atoms with E-state index >= 15 is 0 Å². The Kier molecular flexibility index (Phi) is 4.07. The summed E-state index contributed by atoms with van der Waals surface area (Å²) < 4.78 is 5.41. The van der Waals surface area contributed by atoms with Gasteiger partial charge in [-0.15, -0.1) is 0 Å². The van der Waals surface area contributed by atoms with Crippen molar-refractivity contribution in [2.24, 2.45) is 5.92 Å². The van der Waals surface area contributed by atoms with E-state index in [-0.39, 0.29) is 12.5 Å². The third-order valence-electron chi connectivity index (χ3n) is 3.49. The van der Waals surface area contributed by atoms with E-state index in [1.165, 1.54) is 12.8 Å². The molecule has 1 aliphatic rings. The summed E-state index contributed by atoms with van der Waals surface area (Å²) in [6.07, 6.45) is 3.45. The molecule has 4 nitrogen and oxygen atoms in total. The van der Waals surface area contributed by atoms with Gasteiger partial charge in [0.05, 0.1) is 5.69 Å². The largest absolute Gasteiger partial charge is 0.482 e. The van der Waals surface area contributed by atoms with Gasteiger partial charge in [0, 0.05) is 6.04 Å². The highest BCUT2D eigenvalue weighted by Gasteiger charge is 2.24. The van der Waals surface area contributed by atoms with Crippen molar-refractivity contribution < 1.29 is 9.53 Å². The Balaban J connectivity index is 1.80. The lowest BCUT2D eigenvalue weighted by atomic mass is 10.1. The van der Waals surface area contributed by atoms with E-state index in [0.29, 0.717) is 23.4 Å². The molecule has 18 heavy (non-hydrogen) atoms. The van der Waals surface area contributed by atoms with Crippen molar-refractivity contribution in [3.05, 3.63) is 24.3 Å². The number of carbonyl (C=O) groups excluding carboxylic acids is 1. The molecular weight excluding hydrogens is 228 g/mol. The van der Waals surface area contributed by atoms with Gasteiger partial charge in [0.1, 0.15) is 5.75 Å². The van der Waals surface area contributed by atoms with Gasteiger partial charge >= 0.3 is 0 Å². The first-order valence-corrected chi connectivity index (χ1v) is 6.43. The van der Waals surface area contributed by atoms with Crippen molar-refractivity contribution in [1.82, 2.24) is 5.32 Å². The van der Waals surface area contributed by atoms with E-state index in [9.17, 15) is 4.79 Å². The number of para-hydroxylation sites is 2. The molecule has 1 saturated carbocycles. The summed E-state index contributed by atoms with van der Waals surface area (Å²) in [6.45, 7) is 2.20. The average Bonchev–Trinajstić information content (AvgIpc) is 2.74. The van der Waals surface area contributed by atoms with Crippen LogP contribution in [0.1, 0.15) is 26.2 Å². The number of nitrogen functional groups attached to an aromatic ring is 1. The Morgan fingerprint density at radius 3 is 2.89 bits per heavy atom. The summed E-state index contributed by atoms with van der Waals surface area (Å²) in [7, 11) is 0. The summed E-state index contributed by atoms with van der Waals surface area (Å²) in [5.74, 6) is 1.06. The van der Waals surface area contributed by atoms with Crippen LogP contribution in [0.25, 0.3) is 0 Å². The van der Waals surface area contributed by atoms with Gasteiger partial charge in [-0.2, -0.15) is 0 Å². The molecule has 1 aromatic carbocycles. The quantitative estimate of drug-likeness (QED) is 0.800. The maximum Gasteiger partial charge on any atom is 0.258 e. The number of benzene rings is 1. The molecule has 2 unspecified atom stereocenters. The molecule has 2 atom stereocenters. The predicted molar refractivity (Wildman–Crippen MR) is 71.3 cm³/mol. The van der Waals surface area contributed by atoms with Gasteiger partial charge in [0.15, 0.2) is 6.61 Å². The Bertz CT molecular complexity index is 420. The van der Waals surface area contributed by atoms with Crippen LogP contribution in [0.5, 0.6) is 5.75 Å². The Hall–Kier alpha value is -1.71. The summed E-state index contributed by atoms with van der Waals surface area (Å²) in [4.78, 5) is 11.8. The second-order valence-corrected chi connectivity index (χ2v) is 4.91. The smallest absolute Gasteiger partial charge is 0.258 e. The number of anilines is 1. The SMILES string of the molecule is CC1CCCC1NC(=O)COc1ccccc1N. The average molecular weight is 248 g/mol. The van der Waals surface area contributed by atoms with Gasteiger partial charge in [-0.3, -0.25) is 4.79 Å². The molecular formula is C14H20N2O2. The first-order chi connectivity index (χ1) is 8.66. The minimum absolute atomic E-state index is 0.0252. The molecule has 1 aliphatic carbocycles. The van der Waals surface area contributed by atoms with Gasteiger partial charge in [-0.05, 0) is 30.9 Å². The van der Waals surface area contributed by atoms with Gasteiger partial charge in [-0.25, -0.2) is 0 Å². The first-order valence-electron chi connectivity index (χ1n) is 6.43. The van der Waals surface area contributed by atoms with Gasteiger partial charge in [-0.1, -0.05) is 25.5 Å². The topological polar surface area (TPSA) is 64.3 Å². The van der Waals surface area contributed by atoms with Crippen LogP contribution < -0.4 is 15.8 Å². The van der Waals surface area contributed by atoms with Crippen molar-refractivity contribution >= 4 is 11.6 Å². The summed E-state index contributed by atoms with van der Waals surface area (Å²) in [5.41, 5.74) is 6.29. The maximum atomic E-state index is 11.8. The normalized spacial score (nSPS) is 22.7. The fourth-order valence-electron chi connectivity index (χ4n) is 2.36. The maximum absolute atomic E-state index is 11.8. The van der Waals surface area contributed by atoms with Crippen LogP contribution in [-0.2, 0) is 4.79 Å². The molecule has 4 heteroatoms. The fourth-order valence-corrected chi connectivity index (χ4v) is 2.36. The van der Waals surface area contributed by atoms with E-state index < -0.39 is 0 Å². The lowest BCUT2D eigenvalue weighted by Gasteiger charge is -2.17. The second kappa shape index (κ2) is 5.76. The van der Waals surface area contributed by atoms with Crippen LogP contribution in [0.15, 0.2) is 24.3 Å². The molecule has 1 fully saturated rings. The summed E-state index contributed by atoms with van der Waals surface area (Å²) >= 11 is 0. The first kappa shape index (κ1) is 12.7. The predicted octanol–water partition coefficient (Wildman–Crippen LogP) is 1.95. The zero-order chi connectivity index (χ0) is 13.0. The number of amides is 1. The molecule has 0 spiro atoms. The van der Waals surface area contributed by atoms with E-state index in [1.54, 1.807) is 12.1 Å². The molecule has 0 bridgehead atoms. The second-order valence-electron chi connectivity index (χ2n) is 4.91. The number of rotatable bonds is 4. The van der Waals surface area contributed by atoms with E-state index in [1.807, 2.05) is 12.1 Å². The van der Waals surface area contributed by atoms with Crippen LogP contribution in [0.3, 0.4) is 0 Å². The van der Waals surface area contributed by atoms with E-state index in [0.717, 1.165) is 6.42 Å². The van der Waals surface area contributed by atoms with Crippen molar-refractivity contribution in [3.63, 3.8) is 0 Å². The molecule has 3 N–H and O–H groups in total. The van der Waals surface area contributed by atoms with Crippen LogP contribution in [0.2, 0.25) is 0 Å². The standard InChI is InChI=1S/C14H20N2O2/c1-10-5-4-7-12(10)16-14(17)9-18-13-8-3-2-6-11(13)15/h2-3,6,8,10,12H,4-5,7,9,15H2,1H3,(H,16,17). The summed E-state index contributed by atoms with van der Waals surface area (Å²) in [5, 5.41) is 3.01. The number of nitrogens with two attached hydrogens (primary N) is 1. The third-order valence-corrected chi connectivity index (χ3v) is 3.49. The molecule has 2 rings (SSSR count). The fraction of sp³-hybridized carbons (Fsp3) is 0.500. The number of ether oxygens (including phenoxy) is 1. The lowest BCUT2D eigenvalue weighted by Crippen LogP contribution is -2.39. The minimum atomic E-state index is -0.0722. The monoisotopic (exact) mass is 248 g/mol. The molecule has 1 aromatic rings. The van der Waals surface area contributed by atoms with Gasteiger partial charge < -0.3 is 15.8 Å². The number of carbonyl (C=O) groups is 1. The number of hydrogen-bond donors (Lipinski definition) is 2. The molecule has 0 aliphatic heterocycles. The minimum Gasteiger partial charge on any atom is -0.482 e. The van der Waals surface area contributed by atoms with Crippen molar-refractivity contribution in [2.75, 3.05) is 12.3 Å². The Morgan fingerprint density at radius 1 is 1.44 bits per heavy atom. The van der Waals surface area contributed by atoms with Crippen molar-refractivity contribution in [1.29, 1.82) is 0 Å². The van der Waals surface area contributed by atoms with Crippen molar-refractivity contribution in [3.8, 4) is 5.75 Å². The molecule has 0 saturated heterocycles. The lowest BCUT2D eigenvalue weighted by molar-refractivity contribution is -0.124. The Labute approximate surface area is 108 Å². The number of hydrogen-bond acceptors (Lipinski definition) is 3. The highest BCUT2D eigenvalue weighted by atomic mass is 16.5. The van der Waals surface area contributed by atoms with E-state index in [2.05, 4.69) is 12.2 Å². The van der Waals surface area contributed by atoms with Crippen LogP contribution in [-0.4, -0.2) is 18.6 Å². The molecule has 0 heterocycles. The summed E-state index contributed by atoms with van der Waals surface area (Å²) in [6, 6.07) is 7.49. The van der Waals surface area contributed by atoms with Gasteiger partial charge in [0.25, 0.3) is 5.91 Å². The zero-order valence-corrected chi connectivity index (χ0v) is 10.7. The number of nitrogens with one attached hydrogen (secondary N) is 1. The van der Waals surface area contributed by atoms with Gasteiger partial charge in [0.2, 0.25) is 0 Å². The highest BCUT2D eigenvalue weighted by molar-refractivity contribution is 5.78. The van der Waals surface area contributed by atoms with Crippen LogP contribution >= 0.6 is 0 Å². The van der Waals surface area contributed by atoms with Crippen LogP contribution in [0, 0.1) is 5.92 Å².